The van der Waals surface area contributed by atoms with Gasteiger partial charge in [-0.2, -0.15) is 0 Å². The average Bonchev–Trinajstić information content (AvgIpc) is 3.27. The zero-order chi connectivity index (χ0) is 19.2. The summed E-state index contributed by atoms with van der Waals surface area (Å²) < 4.78 is 5.19. The second kappa shape index (κ2) is 8.56. The zero-order valence-electron chi connectivity index (χ0n) is 15.6. The number of nitrogens with zero attached hydrogens (tertiary/aromatic N) is 3. The van der Waals surface area contributed by atoms with Gasteiger partial charge in [-0.1, -0.05) is 0 Å². The van der Waals surface area contributed by atoms with E-state index in [9.17, 15) is 4.79 Å². The molecule has 2 N–H and O–H groups in total. The van der Waals surface area contributed by atoms with Crippen LogP contribution in [0, 0.1) is 0 Å². The van der Waals surface area contributed by atoms with Gasteiger partial charge in [0, 0.05) is 36.9 Å². The Balaban J connectivity index is 1.33. The number of piperidine rings is 1. The van der Waals surface area contributed by atoms with Gasteiger partial charge in [0.1, 0.15) is 5.76 Å². The molecule has 0 saturated carbocycles. The van der Waals surface area contributed by atoms with Crippen molar-refractivity contribution in [2.75, 3.05) is 23.3 Å². The molecule has 28 heavy (non-hydrogen) atoms. The van der Waals surface area contributed by atoms with Gasteiger partial charge >= 0.3 is 0 Å². The quantitative estimate of drug-likeness (QED) is 0.681. The molecule has 1 fully saturated rings. The molecule has 0 spiro atoms. The summed E-state index contributed by atoms with van der Waals surface area (Å²) in [5.41, 5.74) is 2.56. The molecule has 0 radical (unpaired) electrons. The van der Waals surface area contributed by atoms with Crippen LogP contribution in [0.5, 0.6) is 0 Å². The largest absolute Gasteiger partial charge is 0.467 e. The van der Waals surface area contributed by atoms with Gasteiger partial charge in [-0.3, -0.25) is 4.79 Å². The van der Waals surface area contributed by atoms with E-state index in [0.717, 1.165) is 18.8 Å². The fraction of sp³-hybridized carbons (Fsp3) is 0.286. The van der Waals surface area contributed by atoms with Gasteiger partial charge in [0.25, 0.3) is 5.91 Å². The fourth-order valence-corrected chi connectivity index (χ4v) is 3.23. The maximum absolute atomic E-state index is 12.1. The van der Waals surface area contributed by atoms with E-state index in [1.165, 1.54) is 37.3 Å². The number of carbonyl (C=O) groups excluding carboxylic acids is 1. The number of hydrogen-bond acceptors (Lipinski definition) is 6. The van der Waals surface area contributed by atoms with Crippen LogP contribution in [0.1, 0.15) is 35.4 Å². The highest BCUT2D eigenvalue weighted by molar-refractivity contribution is 5.93. The number of aromatic nitrogens is 2. The highest BCUT2D eigenvalue weighted by atomic mass is 16.3. The number of amides is 1. The highest BCUT2D eigenvalue weighted by Gasteiger charge is 2.11. The molecule has 2 aromatic heterocycles. The second-order valence-corrected chi connectivity index (χ2v) is 6.78. The predicted molar refractivity (Wildman–Crippen MR) is 108 cm³/mol. The van der Waals surface area contributed by atoms with E-state index in [2.05, 4.69) is 37.6 Å². The van der Waals surface area contributed by atoms with E-state index in [0.29, 0.717) is 23.8 Å². The van der Waals surface area contributed by atoms with Gasteiger partial charge in [0.15, 0.2) is 0 Å². The summed E-state index contributed by atoms with van der Waals surface area (Å²) in [6.45, 7) is 2.58. The number of rotatable bonds is 6. The van der Waals surface area contributed by atoms with Crippen molar-refractivity contribution in [3.8, 4) is 0 Å². The second-order valence-electron chi connectivity index (χ2n) is 6.78. The first kappa shape index (κ1) is 18.0. The van der Waals surface area contributed by atoms with Crippen LogP contribution in [-0.2, 0) is 6.54 Å². The summed E-state index contributed by atoms with van der Waals surface area (Å²) in [4.78, 5) is 23.0. The molecule has 4 rings (SSSR count). The van der Waals surface area contributed by atoms with Gasteiger partial charge in [0.05, 0.1) is 18.4 Å². The van der Waals surface area contributed by atoms with Crippen molar-refractivity contribution in [3.05, 3.63) is 66.4 Å². The monoisotopic (exact) mass is 377 g/mol. The van der Waals surface area contributed by atoms with E-state index >= 15 is 0 Å². The van der Waals surface area contributed by atoms with Gasteiger partial charge in [-0.05, 0) is 55.7 Å². The molecular formula is C21H23N5O2. The summed E-state index contributed by atoms with van der Waals surface area (Å²) >= 11 is 0. The number of benzene rings is 1. The summed E-state index contributed by atoms with van der Waals surface area (Å²) in [7, 11) is 0. The van der Waals surface area contributed by atoms with Gasteiger partial charge < -0.3 is 20.0 Å². The van der Waals surface area contributed by atoms with Crippen LogP contribution in [0.4, 0.5) is 17.3 Å². The van der Waals surface area contributed by atoms with Crippen LogP contribution in [-0.4, -0.2) is 29.0 Å². The van der Waals surface area contributed by atoms with Crippen molar-refractivity contribution < 1.29 is 9.21 Å². The Kier molecular flexibility index (Phi) is 5.51. The summed E-state index contributed by atoms with van der Waals surface area (Å²) in [5.74, 6) is 0.905. The van der Waals surface area contributed by atoms with E-state index in [1.807, 2.05) is 12.1 Å². The molecule has 7 heteroatoms. The molecule has 1 amide bonds. The number of hydrogen-bond donors (Lipinski definition) is 2. The van der Waals surface area contributed by atoms with E-state index in [-0.39, 0.29) is 5.91 Å². The van der Waals surface area contributed by atoms with Crippen LogP contribution in [0.3, 0.4) is 0 Å². The molecule has 1 saturated heterocycles. The maximum atomic E-state index is 12.1. The normalized spacial score (nSPS) is 13.9. The lowest BCUT2D eigenvalue weighted by Crippen LogP contribution is -2.29. The maximum Gasteiger partial charge on any atom is 0.254 e. The van der Waals surface area contributed by atoms with Crippen LogP contribution >= 0.6 is 0 Å². The Morgan fingerprint density at radius 3 is 2.46 bits per heavy atom. The minimum absolute atomic E-state index is 0.242. The number of anilines is 3. The van der Waals surface area contributed by atoms with Crippen molar-refractivity contribution in [2.24, 2.45) is 0 Å². The molecule has 7 nitrogen and oxygen atoms in total. The first-order valence-corrected chi connectivity index (χ1v) is 9.52. The lowest BCUT2D eigenvalue weighted by atomic mass is 10.1. The lowest BCUT2D eigenvalue weighted by Gasteiger charge is -2.28. The molecule has 1 aliphatic heterocycles. The summed E-state index contributed by atoms with van der Waals surface area (Å²) in [6.07, 6.45) is 8.43. The van der Waals surface area contributed by atoms with Gasteiger partial charge in [-0.15, -0.1) is 0 Å². The zero-order valence-corrected chi connectivity index (χ0v) is 15.6. The Morgan fingerprint density at radius 1 is 1.04 bits per heavy atom. The average molecular weight is 377 g/mol. The van der Waals surface area contributed by atoms with Crippen LogP contribution in [0.25, 0.3) is 0 Å². The number of carbonyl (C=O) groups is 1. The smallest absolute Gasteiger partial charge is 0.254 e. The topological polar surface area (TPSA) is 83.3 Å². The van der Waals surface area contributed by atoms with E-state index in [1.54, 1.807) is 18.4 Å². The molecule has 0 atom stereocenters. The number of nitrogens with one attached hydrogen (secondary N) is 2. The fourth-order valence-electron chi connectivity index (χ4n) is 3.23. The van der Waals surface area contributed by atoms with Crippen LogP contribution in [0.15, 0.2) is 59.5 Å². The summed E-state index contributed by atoms with van der Waals surface area (Å²) in [5, 5.41) is 5.94. The molecule has 0 bridgehead atoms. The Labute approximate surface area is 163 Å². The van der Waals surface area contributed by atoms with Crippen LogP contribution in [0.2, 0.25) is 0 Å². The molecule has 3 heterocycles. The molecule has 0 aliphatic carbocycles. The highest BCUT2D eigenvalue weighted by Crippen LogP contribution is 2.22. The molecule has 1 aliphatic rings. The first-order valence-electron chi connectivity index (χ1n) is 9.52. The summed E-state index contributed by atoms with van der Waals surface area (Å²) in [6, 6.07) is 11.9. The minimum atomic E-state index is -0.242. The van der Waals surface area contributed by atoms with Crippen molar-refractivity contribution in [3.63, 3.8) is 0 Å². The first-order chi connectivity index (χ1) is 13.8. The van der Waals surface area contributed by atoms with Gasteiger partial charge in [-0.25, -0.2) is 9.97 Å². The molecule has 144 valence electrons. The Morgan fingerprint density at radius 2 is 1.79 bits per heavy atom. The molecular weight excluding hydrogens is 354 g/mol. The molecule has 0 unspecified atom stereocenters. The van der Waals surface area contributed by atoms with E-state index < -0.39 is 0 Å². The van der Waals surface area contributed by atoms with Gasteiger partial charge in [0.2, 0.25) is 5.95 Å². The van der Waals surface area contributed by atoms with Crippen LogP contribution < -0.4 is 15.5 Å². The van der Waals surface area contributed by atoms with Crippen molar-refractivity contribution in [2.45, 2.75) is 25.8 Å². The Hall–Kier alpha value is -3.35. The molecule has 3 aromatic rings. The SMILES string of the molecule is O=C(NCc1ccco1)c1cnc(Nc2ccc(N3CCCCC3)cc2)nc1. The third-order valence-corrected chi connectivity index (χ3v) is 4.76. The third kappa shape index (κ3) is 4.49. The van der Waals surface area contributed by atoms with Crippen molar-refractivity contribution >= 4 is 23.2 Å². The number of furan rings is 1. The minimum Gasteiger partial charge on any atom is -0.467 e. The predicted octanol–water partition coefficient (Wildman–Crippen LogP) is 3.73. The van der Waals surface area contributed by atoms with Crippen molar-refractivity contribution in [1.29, 1.82) is 0 Å². The Bertz CT molecular complexity index is 886. The van der Waals surface area contributed by atoms with Crippen molar-refractivity contribution in [1.82, 2.24) is 15.3 Å². The van der Waals surface area contributed by atoms with E-state index in [4.69, 9.17) is 4.42 Å². The lowest BCUT2D eigenvalue weighted by molar-refractivity contribution is 0.0947. The standard InChI is InChI=1S/C21H23N5O2/c27-20(22-15-19-5-4-12-28-19)16-13-23-21(24-14-16)25-17-6-8-18(9-7-17)26-10-2-1-3-11-26/h4-9,12-14H,1-3,10-11,15H2,(H,22,27)(H,23,24,25). The molecule has 1 aromatic carbocycles. The third-order valence-electron chi connectivity index (χ3n) is 4.76.